The number of terminal acetylenes is 1. The second-order valence-electron chi connectivity index (χ2n) is 8.75. The molecule has 0 unspecified atom stereocenters. The fourth-order valence-electron chi connectivity index (χ4n) is 2.93. The summed E-state index contributed by atoms with van der Waals surface area (Å²) < 4.78 is 69.8. The van der Waals surface area contributed by atoms with Gasteiger partial charge >= 0.3 is 5.97 Å². The van der Waals surface area contributed by atoms with Crippen LogP contribution in [0.5, 0.6) is 0 Å². The zero-order valence-electron chi connectivity index (χ0n) is 26.8. The lowest BCUT2D eigenvalue weighted by molar-refractivity contribution is -0.138. The first-order valence-corrected chi connectivity index (χ1v) is 15.4. The van der Waals surface area contributed by atoms with E-state index in [0.717, 1.165) is 0 Å². The van der Waals surface area contributed by atoms with Gasteiger partial charge in [-0.15, -0.1) is 6.42 Å². The van der Waals surface area contributed by atoms with Crippen molar-refractivity contribution < 1.29 is 71.5 Å². The summed E-state index contributed by atoms with van der Waals surface area (Å²) in [5.74, 6) is 1.52. The van der Waals surface area contributed by atoms with Gasteiger partial charge in [0.1, 0.15) is 6.61 Å². The molecule has 0 rings (SSSR count). The van der Waals surface area contributed by atoms with Crippen molar-refractivity contribution in [1.29, 1.82) is 0 Å². The van der Waals surface area contributed by atoms with Gasteiger partial charge in [0, 0.05) is 0 Å². The van der Waals surface area contributed by atoms with Gasteiger partial charge in [-0.1, -0.05) is 5.92 Å². The van der Waals surface area contributed by atoms with Gasteiger partial charge < -0.3 is 66.7 Å². The molecule has 0 aliphatic carbocycles. The Labute approximate surface area is 268 Å². The summed E-state index contributed by atoms with van der Waals surface area (Å²) in [7, 11) is 0. The summed E-state index contributed by atoms with van der Waals surface area (Å²) in [6.07, 6.45) is 5.07. The molecule has 0 saturated carbocycles. The number of carboxylic acids is 1. The molecule has 0 aromatic rings. The van der Waals surface area contributed by atoms with E-state index in [0.29, 0.717) is 165 Å². The molecule has 0 amide bonds. The summed E-state index contributed by atoms with van der Waals surface area (Å²) in [6.45, 7) is 12.0. The summed E-state index contributed by atoms with van der Waals surface area (Å²) in [4.78, 5) is 10.3. The Hall–Kier alpha value is -1.49. The molecule has 15 nitrogen and oxygen atoms in total. The number of hydrogen-bond donors (Lipinski definition) is 1. The normalized spacial score (nSPS) is 11.3. The van der Waals surface area contributed by atoms with E-state index in [2.05, 4.69) is 5.92 Å². The van der Waals surface area contributed by atoms with Crippen molar-refractivity contribution >= 4 is 5.97 Å². The minimum Gasteiger partial charge on any atom is -0.481 e. The van der Waals surface area contributed by atoms with Crippen LogP contribution in [0.25, 0.3) is 0 Å². The average molecular weight is 657 g/mol. The lowest BCUT2D eigenvalue weighted by Crippen LogP contribution is -2.15. The SMILES string of the molecule is C#CCOCCOCCOCCOCCOCCOCCOCCOCCOCCOCCOCCOCCOCCC(=O)O. The Morgan fingerprint density at radius 1 is 0.356 bits per heavy atom. The largest absolute Gasteiger partial charge is 0.481 e. The third kappa shape index (κ3) is 42.5. The van der Waals surface area contributed by atoms with Gasteiger partial charge in [0.15, 0.2) is 0 Å². The molecule has 0 fully saturated rings. The van der Waals surface area contributed by atoms with Gasteiger partial charge in [0.05, 0.1) is 172 Å². The fraction of sp³-hybridized carbons (Fsp3) is 0.900. The maximum Gasteiger partial charge on any atom is 0.305 e. The van der Waals surface area contributed by atoms with Crippen LogP contribution in [-0.4, -0.2) is 183 Å². The lowest BCUT2D eigenvalue weighted by Gasteiger charge is -2.09. The van der Waals surface area contributed by atoms with Crippen molar-refractivity contribution in [3.05, 3.63) is 0 Å². The van der Waals surface area contributed by atoms with Gasteiger partial charge in [-0.25, -0.2) is 0 Å². The molecule has 0 heterocycles. The Balaban J connectivity index is 3.04. The van der Waals surface area contributed by atoms with Crippen LogP contribution in [0.4, 0.5) is 0 Å². The van der Waals surface area contributed by atoms with E-state index in [1.807, 2.05) is 0 Å². The molecule has 0 bridgehead atoms. The van der Waals surface area contributed by atoms with Crippen LogP contribution in [0.3, 0.4) is 0 Å². The summed E-state index contributed by atoms with van der Waals surface area (Å²) in [6, 6.07) is 0. The van der Waals surface area contributed by atoms with Crippen LogP contribution < -0.4 is 0 Å². The number of rotatable bonds is 40. The number of aliphatic carboxylic acids is 1. The smallest absolute Gasteiger partial charge is 0.305 e. The maximum atomic E-state index is 10.3. The highest BCUT2D eigenvalue weighted by molar-refractivity contribution is 5.66. The zero-order valence-corrected chi connectivity index (χ0v) is 26.8. The highest BCUT2D eigenvalue weighted by Crippen LogP contribution is 1.88. The van der Waals surface area contributed by atoms with Gasteiger partial charge in [-0.2, -0.15) is 0 Å². The number of carbonyl (C=O) groups is 1. The predicted octanol–water partition coefficient (Wildman–Crippen LogP) is 0.310. The molecule has 15 heteroatoms. The molecule has 266 valence electrons. The van der Waals surface area contributed by atoms with E-state index in [4.69, 9.17) is 73.1 Å². The Morgan fingerprint density at radius 3 is 0.711 bits per heavy atom. The monoisotopic (exact) mass is 656 g/mol. The number of ether oxygens (including phenoxy) is 13. The first-order chi connectivity index (χ1) is 22.3. The van der Waals surface area contributed by atoms with Crippen molar-refractivity contribution in [2.75, 3.05) is 172 Å². The molecule has 0 aliphatic heterocycles. The van der Waals surface area contributed by atoms with Crippen molar-refractivity contribution in [2.24, 2.45) is 0 Å². The topological polar surface area (TPSA) is 157 Å². The van der Waals surface area contributed by atoms with Crippen LogP contribution in [0.1, 0.15) is 6.42 Å². The van der Waals surface area contributed by atoms with Gasteiger partial charge in [0.25, 0.3) is 0 Å². The van der Waals surface area contributed by atoms with Crippen LogP contribution in [0, 0.1) is 12.3 Å². The van der Waals surface area contributed by atoms with E-state index in [9.17, 15) is 4.79 Å². The first kappa shape index (κ1) is 43.5. The Bertz CT molecular complexity index is 621. The third-order valence-corrected chi connectivity index (χ3v) is 5.11. The second kappa shape index (κ2) is 40.5. The third-order valence-electron chi connectivity index (χ3n) is 5.11. The zero-order chi connectivity index (χ0) is 32.6. The number of hydrogen-bond acceptors (Lipinski definition) is 14. The van der Waals surface area contributed by atoms with Crippen molar-refractivity contribution in [1.82, 2.24) is 0 Å². The molecule has 0 atom stereocenters. The maximum absolute atomic E-state index is 10.3. The molecule has 0 radical (unpaired) electrons. The molecule has 0 spiro atoms. The van der Waals surface area contributed by atoms with E-state index in [1.165, 1.54) is 0 Å². The standard InChI is InChI=1S/C30H56O15/c1-2-4-33-6-8-35-10-12-37-14-16-39-18-20-41-22-24-43-26-28-45-29-27-44-25-23-42-21-19-40-17-15-38-13-11-36-9-7-34-5-3-30(31)32/h1H,3-29H2,(H,31,32). The van der Waals surface area contributed by atoms with Crippen LogP contribution in [-0.2, 0) is 66.4 Å². The van der Waals surface area contributed by atoms with Crippen LogP contribution in [0.2, 0.25) is 0 Å². The van der Waals surface area contributed by atoms with Crippen molar-refractivity contribution in [2.45, 2.75) is 6.42 Å². The molecule has 0 aromatic carbocycles. The highest BCUT2D eigenvalue weighted by atomic mass is 16.6. The number of carboxylic acid groups (broad SMARTS) is 1. The highest BCUT2D eigenvalue weighted by Gasteiger charge is 1.98. The summed E-state index contributed by atoms with van der Waals surface area (Å²) in [5.41, 5.74) is 0. The molecule has 45 heavy (non-hydrogen) atoms. The van der Waals surface area contributed by atoms with E-state index >= 15 is 0 Å². The van der Waals surface area contributed by atoms with E-state index < -0.39 is 5.97 Å². The molecule has 0 saturated heterocycles. The van der Waals surface area contributed by atoms with Gasteiger partial charge in [-0.05, 0) is 0 Å². The minimum atomic E-state index is -0.876. The quantitative estimate of drug-likeness (QED) is 0.0709. The lowest BCUT2D eigenvalue weighted by atomic mass is 10.5. The Kier molecular flexibility index (Phi) is 39.2. The fourth-order valence-corrected chi connectivity index (χ4v) is 2.93. The second-order valence-corrected chi connectivity index (χ2v) is 8.75. The van der Waals surface area contributed by atoms with Crippen LogP contribution >= 0.6 is 0 Å². The Morgan fingerprint density at radius 2 is 0.533 bits per heavy atom. The molecular weight excluding hydrogens is 600 g/mol. The molecule has 0 aliphatic rings. The minimum absolute atomic E-state index is 0.00388. The van der Waals surface area contributed by atoms with Gasteiger partial charge in [0.2, 0.25) is 0 Å². The first-order valence-electron chi connectivity index (χ1n) is 15.4. The molecular formula is C30H56O15. The predicted molar refractivity (Wildman–Crippen MR) is 162 cm³/mol. The average Bonchev–Trinajstić information content (AvgIpc) is 3.03. The molecule has 1 N–H and O–H groups in total. The summed E-state index contributed by atoms with van der Waals surface area (Å²) >= 11 is 0. The van der Waals surface area contributed by atoms with Gasteiger partial charge in [-0.3, -0.25) is 4.79 Å². The van der Waals surface area contributed by atoms with Crippen LogP contribution in [0.15, 0.2) is 0 Å². The van der Waals surface area contributed by atoms with E-state index in [-0.39, 0.29) is 13.0 Å². The summed E-state index contributed by atoms with van der Waals surface area (Å²) in [5, 5.41) is 8.48. The van der Waals surface area contributed by atoms with Crippen molar-refractivity contribution in [3.63, 3.8) is 0 Å². The van der Waals surface area contributed by atoms with E-state index in [1.54, 1.807) is 0 Å². The van der Waals surface area contributed by atoms with Crippen molar-refractivity contribution in [3.8, 4) is 12.3 Å². The molecule has 0 aromatic heterocycles.